The summed E-state index contributed by atoms with van der Waals surface area (Å²) < 4.78 is 48.5. The van der Waals surface area contributed by atoms with E-state index in [4.69, 9.17) is 4.74 Å². The first-order chi connectivity index (χ1) is 15.3. The Labute approximate surface area is 190 Å². The maximum Gasteiger partial charge on any atom is 0.284 e. The van der Waals surface area contributed by atoms with E-state index in [1.165, 1.54) is 44.4 Å². The maximum absolute atomic E-state index is 13.6. The molecule has 0 saturated heterocycles. The van der Waals surface area contributed by atoms with Crippen molar-refractivity contribution in [2.75, 3.05) is 12.4 Å². The van der Waals surface area contributed by atoms with E-state index in [9.17, 15) is 17.6 Å². The predicted molar refractivity (Wildman–Crippen MR) is 125 cm³/mol. The molecule has 1 N–H and O–H groups in total. The number of hydrogen-bond donors (Lipinski definition) is 1. The lowest BCUT2D eigenvalue weighted by molar-refractivity contribution is 0.101. The van der Waals surface area contributed by atoms with E-state index in [2.05, 4.69) is 9.71 Å². The third kappa shape index (κ3) is 6.18. The van der Waals surface area contributed by atoms with Crippen LogP contribution in [0.5, 0.6) is 5.75 Å². The zero-order valence-corrected chi connectivity index (χ0v) is 19.0. The number of benzene rings is 3. The molecule has 3 aromatic rings. The third-order valence-corrected chi connectivity index (χ3v) is 6.70. The van der Waals surface area contributed by atoms with Gasteiger partial charge in [-0.05, 0) is 55.5 Å². The molecule has 0 saturated carbocycles. The Kier molecular flexibility index (Phi) is 7.66. The van der Waals surface area contributed by atoms with Crippen LogP contribution in [0.1, 0.15) is 22.8 Å². The molecular weight excluding hydrogens is 451 g/mol. The lowest BCUT2D eigenvalue weighted by atomic mass is 10.1. The molecule has 3 aromatic carbocycles. The van der Waals surface area contributed by atoms with Gasteiger partial charge >= 0.3 is 0 Å². The molecule has 0 fully saturated rings. The molecule has 0 spiro atoms. The van der Waals surface area contributed by atoms with Crippen LogP contribution in [-0.2, 0) is 15.8 Å². The highest BCUT2D eigenvalue weighted by Gasteiger charge is 2.16. The van der Waals surface area contributed by atoms with Crippen LogP contribution >= 0.6 is 11.8 Å². The van der Waals surface area contributed by atoms with Crippen LogP contribution in [0.4, 0.5) is 10.1 Å². The number of halogens is 1. The number of thioether (sulfide) groups is 1. The highest BCUT2D eigenvalue weighted by molar-refractivity contribution is 8.14. The van der Waals surface area contributed by atoms with Crippen molar-refractivity contribution in [1.29, 1.82) is 0 Å². The minimum absolute atomic E-state index is 0.0373. The minimum atomic E-state index is -4.01. The van der Waals surface area contributed by atoms with Gasteiger partial charge in [-0.2, -0.15) is 8.42 Å². The van der Waals surface area contributed by atoms with Crippen LogP contribution in [-0.4, -0.2) is 26.5 Å². The molecule has 0 bridgehead atoms. The summed E-state index contributed by atoms with van der Waals surface area (Å²) >= 11 is 1.09. The van der Waals surface area contributed by atoms with Gasteiger partial charge in [0.2, 0.25) is 0 Å². The summed E-state index contributed by atoms with van der Waals surface area (Å²) in [5.74, 6) is 0.243. The molecule has 32 heavy (non-hydrogen) atoms. The van der Waals surface area contributed by atoms with E-state index in [0.29, 0.717) is 22.6 Å². The molecule has 0 unspecified atom stereocenters. The topological polar surface area (TPSA) is 84.8 Å². The Morgan fingerprint density at radius 2 is 1.81 bits per heavy atom. The third-order valence-electron chi connectivity index (χ3n) is 4.37. The van der Waals surface area contributed by atoms with Gasteiger partial charge in [-0.1, -0.05) is 36.0 Å². The second kappa shape index (κ2) is 10.4. The van der Waals surface area contributed by atoms with Gasteiger partial charge in [0.15, 0.2) is 11.0 Å². The monoisotopic (exact) mass is 472 g/mol. The van der Waals surface area contributed by atoms with Crippen molar-refractivity contribution < 1.29 is 22.3 Å². The number of rotatable bonds is 7. The zero-order valence-electron chi connectivity index (χ0n) is 17.4. The van der Waals surface area contributed by atoms with Gasteiger partial charge in [0, 0.05) is 22.6 Å². The van der Waals surface area contributed by atoms with E-state index < -0.39 is 15.8 Å². The van der Waals surface area contributed by atoms with Crippen LogP contribution in [0.3, 0.4) is 0 Å². The van der Waals surface area contributed by atoms with Crippen molar-refractivity contribution in [3.8, 4) is 5.75 Å². The molecule has 0 aliphatic carbocycles. The van der Waals surface area contributed by atoms with Crippen LogP contribution < -0.4 is 10.1 Å². The molecule has 0 atom stereocenters. The van der Waals surface area contributed by atoms with E-state index in [-0.39, 0.29) is 21.6 Å². The first-order valence-corrected chi connectivity index (χ1v) is 11.9. The number of Topliss-reactive ketones (excluding diaryl/α,β-unsaturated/α-hetero) is 1. The number of carbonyl (C=O) groups is 1. The molecule has 9 heteroatoms. The number of anilines is 1. The first kappa shape index (κ1) is 23.5. The quantitative estimate of drug-likeness (QED) is 0.292. The highest BCUT2D eigenvalue weighted by atomic mass is 32.2. The number of hydrogen-bond acceptors (Lipinski definition) is 5. The lowest BCUT2D eigenvalue weighted by Crippen LogP contribution is -2.12. The summed E-state index contributed by atoms with van der Waals surface area (Å²) in [5.41, 5.74) is 1.55. The van der Waals surface area contributed by atoms with E-state index in [0.717, 1.165) is 11.8 Å². The Morgan fingerprint density at radius 1 is 1.06 bits per heavy atom. The maximum atomic E-state index is 13.6. The number of nitrogens with zero attached hydrogens (tertiary/aromatic N) is 1. The molecule has 6 nitrogen and oxygen atoms in total. The van der Waals surface area contributed by atoms with Gasteiger partial charge in [0.1, 0.15) is 11.6 Å². The molecule has 3 rings (SSSR count). The standard InChI is InChI=1S/C23H21FN2O4S2/c1-16(27)17-11-12-22(30-2)18(13-17)15-31-23(25-20-8-6-7-19(24)14-20)26-32(28,29)21-9-4-3-5-10-21/h3-14H,15H2,1-2H3,(H,25,26). The molecule has 0 amide bonds. The van der Waals surface area contributed by atoms with Crippen LogP contribution in [0.25, 0.3) is 0 Å². The normalized spacial score (nSPS) is 11.8. The number of ketones is 1. The van der Waals surface area contributed by atoms with E-state index in [1.807, 2.05) is 0 Å². The number of ether oxygens (including phenoxy) is 1. The van der Waals surface area contributed by atoms with Gasteiger partial charge < -0.3 is 10.1 Å². The summed E-state index contributed by atoms with van der Waals surface area (Å²) in [6.45, 7) is 1.46. The van der Waals surface area contributed by atoms with Crippen molar-refractivity contribution in [2.45, 2.75) is 17.6 Å². The molecule has 166 valence electrons. The van der Waals surface area contributed by atoms with Gasteiger partial charge in [-0.3, -0.25) is 4.79 Å². The molecule has 0 aromatic heterocycles. The molecular formula is C23H21FN2O4S2. The fourth-order valence-corrected chi connectivity index (χ4v) is 4.87. The Hall–Kier alpha value is -3.17. The SMILES string of the molecule is COc1ccc(C(C)=O)cc1CS/C(=N/S(=O)(=O)c1ccccc1)Nc1cccc(F)c1. The average Bonchev–Trinajstić information content (AvgIpc) is 2.77. The van der Waals surface area contributed by atoms with Gasteiger partial charge in [0.05, 0.1) is 12.0 Å². The van der Waals surface area contributed by atoms with Crippen LogP contribution in [0.2, 0.25) is 0 Å². The van der Waals surface area contributed by atoms with Crippen LogP contribution in [0, 0.1) is 5.82 Å². The van der Waals surface area contributed by atoms with Gasteiger partial charge in [-0.25, -0.2) is 4.39 Å². The Morgan fingerprint density at radius 3 is 2.47 bits per heavy atom. The summed E-state index contributed by atoms with van der Waals surface area (Å²) in [5, 5.41) is 2.93. The van der Waals surface area contributed by atoms with Crippen LogP contribution in [0.15, 0.2) is 82.1 Å². The Bertz CT molecular complexity index is 1250. The van der Waals surface area contributed by atoms with Crippen molar-refractivity contribution in [1.82, 2.24) is 0 Å². The summed E-state index contributed by atoms with van der Waals surface area (Å²) in [4.78, 5) is 11.8. The minimum Gasteiger partial charge on any atom is -0.496 e. The largest absolute Gasteiger partial charge is 0.496 e. The van der Waals surface area contributed by atoms with Crippen molar-refractivity contribution in [3.63, 3.8) is 0 Å². The number of amidine groups is 1. The first-order valence-electron chi connectivity index (χ1n) is 9.52. The van der Waals surface area contributed by atoms with Crippen molar-refractivity contribution in [3.05, 3.63) is 89.7 Å². The lowest BCUT2D eigenvalue weighted by Gasteiger charge is -2.13. The highest BCUT2D eigenvalue weighted by Crippen LogP contribution is 2.27. The Balaban J connectivity index is 1.94. The van der Waals surface area contributed by atoms with E-state index in [1.54, 1.807) is 42.5 Å². The molecule has 0 radical (unpaired) electrons. The number of methoxy groups -OCH3 is 1. The number of carbonyl (C=O) groups excluding carboxylic acids is 1. The molecule has 0 heterocycles. The molecule has 0 aliphatic heterocycles. The smallest absolute Gasteiger partial charge is 0.284 e. The predicted octanol–water partition coefficient (Wildman–Crippen LogP) is 5.13. The summed E-state index contributed by atoms with van der Waals surface area (Å²) in [6, 6.07) is 18.5. The fraction of sp³-hybridized carbons (Fsp3) is 0.130. The second-order valence-electron chi connectivity index (χ2n) is 6.69. The van der Waals surface area contributed by atoms with Crippen molar-refractivity contribution in [2.24, 2.45) is 4.40 Å². The van der Waals surface area contributed by atoms with E-state index >= 15 is 0 Å². The second-order valence-corrected chi connectivity index (χ2v) is 9.26. The fourth-order valence-electron chi connectivity index (χ4n) is 2.79. The number of sulfonamides is 1. The van der Waals surface area contributed by atoms with Gasteiger partial charge in [0.25, 0.3) is 10.0 Å². The average molecular weight is 473 g/mol. The van der Waals surface area contributed by atoms with Gasteiger partial charge in [-0.15, -0.1) is 4.40 Å². The summed E-state index contributed by atoms with van der Waals surface area (Å²) in [6.07, 6.45) is 0. The van der Waals surface area contributed by atoms with Crippen molar-refractivity contribution >= 4 is 38.4 Å². The summed E-state index contributed by atoms with van der Waals surface area (Å²) in [7, 11) is -2.50. The number of nitrogens with one attached hydrogen (secondary N) is 1. The molecule has 0 aliphatic rings. The zero-order chi connectivity index (χ0) is 23.1.